The first-order chi connectivity index (χ1) is 15.5. The van der Waals surface area contributed by atoms with E-state index in [4.69, 9.17) is 9.47 Å². The summed E-state index contributed by atoms with van der Waals surface area (Å²) in [5.74, 6) is -0.647. The van der Waals surface area contributed by atoms with Crippen LogP contribution in [0.2, 0.25) is 0 Å². The molecule has 2 aromatic rings. The fraction of sp³-hybridized carbons (Fsp3) is 0.417. The Labute approximate surface area is 191 Å². The molecule has 0 bridgehead atoms. The summed E-state index contributed by atoms with van der Waals surface area (Å²) in [6, 6.07) is 8.51. The summed E-state index contributed by atoms with van der Waals surface area (Å²) in [6.07, 6.45) is 0.784. The number of amides is 1. The summed E-state index contributed by atoms with van der Waals surface area (Å²) in [7, 11) is 1.58. The highest BCUT2D eigenvalue weighted by atomic mass is 32.1. The zero-order valence-corrected chi connectivity index (χ0v) is 19.2. The summed E-state index contributed by atoms with van der Waals surface area (Å²) in [5.41, 5.74) is 1.46. The van der Waals surface area contributed by atoms with E-state index in [9.17, 15) is 14.7 Å². The van der Waals surface area contributed by atoms with E-state index >= 15 is 0 Å². The number of thiophene rings is 1. The molecule has 2 aliphatic heterocycles. The molecule has 1 aromatic heterocycles. The molecule has 2 aliphatic rings. The van der Waals surface area contributed by atoms with Crippen molar-refractivity contribution in [2.75, 3.05) is 46.5 Å². The van der Waals surface area contributed by atoms with Crippen molar-refractivity contribution >= 4 is 28.8 Å². The minimum absolute atomic E-state index is 0.136. The maximum Gasteiger partial charge on any atom is 0.295 e. The number of methoxy groups -OCH3 is 1. The van der Waals surface area contributed by atoms with E-state index < -0.39 is 17.7 Å². The van der Waals surface area contributed by atoms with E-state index in [-0.39, 0.29) is 11.3 Å². The van der Waals surface area contributed by atoms with Gasteiger partial charge in [-0.2, -0.15) is 0 Å². The molecule has 2 fully saturated rings. The van der Waals surface area contributed by atoms with Crippen molar-refractivity contribution in [2.45, 2.75) is 19.4 Å². The fourth-order valence-electron chi connectivity index (χ4n) is 4.44. The first-order valence-corrected chi connectivity index (χ1v) is 11.8. The Morgan fingerprint density at radius 3 is 2.72 bits per heavy atom. The molecule has 8 heteroatoms. The van der Waals surface area contributed by atoms with E-state index in [1.54, 1.807) is 30.2 Å². The molecule has 0 saturated carbocycles. The van der Waals surface area contributed by atoms with Crippen LogP contribution in [0.15, 0.2) is 41.3 Å². The summed E-state index contributed by atoms with van der Waals surface area (Å²) in [5, 5.41) is 13.1. The third kappa shape index (κ3) is 4.44. The number of hydrogen-bond donors (Lipinski definition) is 2. The van der Waals surface area contributed by atoms with Gasteiger partial charge in [-0.05, 0) is 42.1 Å². The van der Waals surface area contributed by atoms with Gasteiger partial charge in [0, 0.05) is 23.4 Å². The zero-order chi connectivity index (χ0) is 22.7. The molecule has 0 spiro atoms. The van der Waals surface area contributed by atoms with Crippen LogP contribution < -0.4 is 9.64 Å². The van der Waals surface area contributed by atoms with Crippen LogP contribution in [-0.4, -0.2) is 68.2 Å². The quantitative estimate of drug-likeness (QED) is 0.377. The third-order valence-corrected chi connectivity index (χ3v) is 7.10. The molecule has 3 heterocycles. The SMILES string of the molecule is COc1ccc(C(O)=C2C(=O)C(=O)N(CCC[NH+]3CCOCC3)C2c2cccs2)c(C)c1. The molecule has 2 N–H and O–H groups in total. The van der Waals surface area contributed by atoms with E-state index in [1.165, 1.54) is 16.2 Å². The molecule has 1 unspecified atom stereocenters. The van der Waals surface area contributed by atoms with Gasteiger partial charge in [0.2, 0.25) is 0 Å². The van der Waals surface area contributed by atoms with Gasteiger partial charge in [0.05, 0.1) is 38.5 Å². The third-order valence-electron chi connectivity index (χ3n) is 6.17. The highest BCUT2D eigenvalue weighted by Gasteiger charge is 2.46. The average Bonchev–Trinajstić information content (AvgIpc) is 3.42. The molecule has 2 saturated heterocycles. The van der Waals surface area contributed by atoms with Crippen LogP contribution in [0.3, 0.4) is 0 Å². The molecular weight excluding hydrogens is 428 g/mol. The maximum atomic E-state index is 13.1. The Bertz CT molecular complexity index is 1010. The molecule has 1 amide bonds. The van der Waals surface area contributed by atoms with Crippen LogP contribution in [0, 0.1) is 6.92 Å². The highest BCUT2D eigenvalue weighted by molar-refractivity contribution is 7.10. The van der Waals surface area contributed by atoms with Gasteiger partial charge in [-0.15, -0.1) is 11.3 Å². The Morgan fingerprint density at radius 2 is 2.06 bits per heavy atom. The Kier molecular flexibility index (Phi) is 6.93. The van der Waals surface area contributed by atoms with Gasteiger partial charge in [0.15, 0.2) is 0 Å². The fourth-order valence-corrected chi connectivity index (χ4v) is 5.28. The predicted octanol–water partition coefficient (Wildman–Crippen LogP) is 1.79. The number of ether oxygens (including phenoxy) is 2. The minimum atomic E-state index is -0.630. The van der Waals surface area contributed by atoms with E-state index in [1.807, 2.05) is 24.4 Å². The number of hydrogen-bond acceptors (Lipinski definition) is 6. The molecule has 0 aliphatic carbocycles. The lowest BCUT2D eigenvalue weighted by Crippen LogP contribution is -3.14. The Balaban J connectivity index is 1.64. The monoisotopic (exact) mass is 457 g/mol. The molecule has 170 valence electrons. The number of aliphatic hydroxyl groups is 1. The van der Waals surface area contributed by atoms with E-state index in [0.717, 1.165) is 49.7 Å². The van der Waals surface area contributed by atoms with Crippen molar-refractivity contribution in [3.63, 3.8) is 0 Å². The second kappa shape index (κ2) is 9.85. The van der Waals surface area contributed by atoms with Gasteiger partial charge in [-0.1, -0.05) is 6.07 Å². The van der Waals surface area contributed by atoms with Crippen LogP contribution in [0.25, 0.3) is 5.76 Å². The summed E-state index contributed by atoms with van der Waals surface area (Å²) < 4.78 is 10.7. The Morgan fingerprint density at radius 1 is 1.28 bits per heavy atom. The van der Waals surface area contributed by atoms with E-state index in [2.05, 4.69) is 0 Å². The molecule has 32 heavy (non-hydrogen) atoms. The smallest absolute Gasteiger partial charge is 0.295 e. The van der Waals surface area contributed by atoms with Crippen molar-refractivity contribution in [3.05, 3.63) is 57.3 Å². The van der Waals surface area contributed by atoms with Crippen molar-refractivity contribution in [1.29, 1.82) is 0 Å². The van der Waals surface area contributed by atoms with Crippen molar-refractivity contribution in [3.8, 4) is 5.75 Å². The lowest BCUT2D eigenvalue weighted by Gasteiger charge is -2.27. The Hall–Kier alpha value is -2.68. The van der Waals surface area contributed by atoms with E-state index in [0.29, 0.717) is 17.9 Å². The van der Waals surface area contributed by atoms with Gasteiger partial charge in [-0.3, -0.25) is 9.59 Å². The van der Waals surface area contributed by atoms with Crippen LogP contribution in [0.4, 0.5) is 0 Å². The van der Waals surface area contributed by atoms with Gasteiger partial charge in [-0.25, -0.2) is 0 Å². The molecule has 7 nitrogen and oxygen atoms in total. The number of carbonyl (C=O) groups excluding carboxylic acids is 2. The second-order valence-corrected chi connectivity index (χ2v) is 9.13. The van der Waals surface area contributed by atoms with Gasteiger partial charge >= 0.3 is 0 Å². The van der Waals surface area contributed by atoms with Gasteiger partial charge in [0.25, 0.3) is 11.7 Å². The van der Waals surface area contributed by atoms with Crippen LogP contribution in [0.5, 0.6) is 5.75 Å². The molecular formula is C24H29N2O5S+. The summed E-state index contributed by atoms with van der Waals surface area (Å²) in [4.78, 5) is 30.0. The summed E-state index contributed by atoms with van der Waals surface area (Å²) >= 11 is 1.48. The first kappa shape index (κ1) is 22.5. The molecule has 1 aromatic carbocycles. The number of carbonyl (C=O) groups is 2. The van der Waals surface area contributed by atoms with Gasteiger partial charge < -0.3 is 24.4 Å². The number of aliphatic hydroxyl groups excluding tert-OH is 1. The standard InChI is InChI=1S/C24H28N2O5S/c1-16-15-17(30-2)6-7-18(16)22(27)20-21(19-5-3-14-32-19)26(24(29)23(20)28)9-4-8-25-10-12-31-13-11-25/h3,5-7,14-15,21,27H,4,8-13H2,1-2H3/p+1. The number of nitrogens with one attached hydrogen (secondary N) is 1. The number of likely N-dealkylation sites (tertiary alicyclic amines) is 1. The number of aryl methyl sites for hydroxylation is 1. The average molecular weight is 458 g/mol. The minimum Gasteiger partial charge on any atom is -0.507 e. The van der Waals surface area contributed by atoms with Crippen LogP contribution in [0.1, 0.15) is 28.5 Å². The number of ketones is 1. The van der Waals surface area contributed by atoms with Crippen molar-refractivity contribution in [2.24, 2.45) is 0 Å². The summed E-state index contributed by atoms with van der Waals surface area (Å²) in [6.45, 7) is 6.68. The van der Waals surface area contributed by atoms with Crippen LogP contribution in [-0.2, 0) is 14.3 Å². The van der Waals surface area contributed by atoms with Gasteiger partial charge in [0.1, 0.15) is 24.6 Å². The molecule has 0 radical (unpaired) electrons. The number of morpholine rings is 1. The topological polar surface area (TPSA) is 80.5 Å². The number of rotatable bonds is 7. The van der Waals surface area contributed by atoms with Crippen molar-refractivity contribution in [1.82, 2.24) is 4.90 Å². The first-order valence-electron chi connectivity index (χ1n) is 10.9. The maximum absolute atomic E-state index is 13.1. The number of benzene rings is 1. The molecule has 1 atom stereocenters. The van der Waals surface area contributed by atoms with Crippen molar-refractivity contribution < 1.29 is 29.1 Å². The number of Topliss-reactive ketones (excluding diaryl/α,β-unsaturated/α-hetero) is 1. The lowest BCUT2D eigenvalue weighted by molar-refractivity contribution is -0.908. The highest BCUT2D eigenvalue weighted by Crippen LogP contribution is 2.41. The molecule has 4 rings (SSSR count). The second-order valence-electron chi connectivity index (χ2n) is 8.15. The lowest BCUT2D eigenvalue weighted by atomic mass is 9.97. The normalized spacial score (nSPS) is 21.3. The number of nitrogens with zero attached hydrogens (tertiary/aromatic N) is 1. The zero-order valence-electron chi connectivity index (χ0n) is 18.4. The van der Waals surface area contributed by atoms with Crippen LogP contribution >= 0.6 is 11.3 Å². The number of quaternary nitrogens is 1. The predicted molar refractivity (Wildman–Crippen MR) is 122 cm³/mol. The largest absolute Gasteiger partial charge is 0.507 e.